The summed E-state index contributed by atoms with van der Waals surface area (Å²) in [6.45, 7) is 2.91. The molecule has 114 valence electrons. The Morgan fingerprint density at radius 3 is 2.71 bits per heavy atom. The molecule has 1 unspecified atom stereocenters. The third kappa shape index (κ3) is 3.54. The Labute approximate surface area is 125 Å². The van der Waals surface area contributed by atoms with Gasteiger partial charge in [-0.15, -0.1) is 0 Å². The first kappa shape index (κ1) is 15.4. The van der Waals surface area contributed by atoms with Gasteiger partial charge >= 0.3 is 0 Å². The summed E-state index contributed by atoms with van der Waals surface area (Å²) >= 11 is 0. The highest BCUT2D eigenvalue weighted by atomic mass is 16.2. The Morgan fingerprint density at radius 2 is 2.05 bits per heavy atom. The zero-order valence-corrected chi connectivity index (χ0v) is 12.7. The third-order valence-electron chi connectivity index (χ3n) is 4.08. The predicted molar refractivity (Wildman–Crippen MR) is 82.8 cm³/mol. The van der Waals surface area contributed by atoms with Crippen LogP contribution in [-0.2, 0) is 16.1 Å². The maximum atomic E-state index is 11.7. The molecule has 0 aromatic heterocycles. The molecule has 1 saturated heterocycles. The number of rotatable bonds is 4. The van der Waals surface area contributed by atoms with E-state index in [4.69, 9.17) is 5.73 Å². The zero-order chi connectivity index (χ0) is 15.4. The number of anilines is 1. The topological polar surface area (TPSA) is 66.6 Å². The summed E-state index contributed by atoms with van der Waals surface area (Å²) in [6, 6.07) is 7.67. The first-order chi connectivity index (χ1) is 10.0. The molecular weight excluding hydrogens is 266 g/mol. The molecule has 0 radical (unpaired) electrons. The average molecular weight is 289 g/mol. The van der Waals surface area contributed by atoms with Crippen molar-refractivity contribution in [2.45, 2.75) is 38.8 Å². The van der Waals surface area contributed by atoms with Crippen molar-refractivity contribution in [3.8, 4) is 0 Å². The van der Waals surface area contributed by atoms with Crippen LogP contribution in [0.2, 0.25) is 0 Å². The summed E-state index contributed by atoms with van der Waals surface area (Å²) in [5, 5.41) is 0. The van der Waals surface area contributed by atoms with E-state index in [1.54, 1.807) is 18.9 Å². The lowest BCUT2D eigenvalue weighted by Crippen LogP contribution is -2.48. The van der Waals surface area contributed by atoms with Gasteiger partial charge in [-0.2, -0.15) is 0 Å². The fourth-order valence-corrected chi connectivity index (χ4v) is 2.81. The van der Waals surface area contributed by atoms with Crippen molar-refractivity contribution in [2.24, 2.45) is 5.73 Å². The number of nitrogens with two attached hydrogens (primary N) is 1. The van der Waals surface area contributed by atoms with Crippen molar-refractivity contribution in [1.82, 2.24) is 4.90 Å². The Bertz CT molecular complexity index is 530. The van der Waals surface area contributed by atoms with E-state index in [1.807, 2.05) is 24.3 Å². The molecule has 0 spiro atoms. The maximum absolute atomic E-state index is 11.7. The lowest BCUT2D eigenvalue weighted by atomic mass is 9.99. The number of carbonyl (C=O) groups is 2. The van der Waals surface area contributed by atoms with Gasteiger partial charge in [0.2, 0.25) is 11.8 Å². The number of para-hydroxylation sites is 1. The van der Waals surface area contributed by atoms with Crippen molar-refractivity contribution in [2.75, 3.05) is 18.5 Å². The van der Waals surface area contributed by atoms with Crippen LogP contribution in [-0.4, -0.2) is 36.3 Å². The molecule has 0 aliphatic carbocycles. The molecule has 2 amide bonds. The Kier molecular flexibility index (Phi) is 4.83. The van der Waals surface area contributed by atoms with Crippen LogP contribution < -0.4 is 10.6 Å². The maximum Gasteiger partial charge on any atom is 0.240 e. The van der Waals surface area contributed by atoms with Gasteiger partial charge in [0.25, 0.3) is 0 Å². The molecule has 1 aromatic rings. The number of nitrogens with zero attached hydrogens (tertiary/aromatic N) is 2. The number of benzene rings is 1. The van der Waals surface area contributed by atoms with Gasteiger partial charge in [0.15, 0.2) is 0 Å². The highest BCUT2D eigenvalue weighted by Gasteiger charge is 2.28. The Hall–Kier alpha value is -2.04. The summed E-state index contributed by atoms with van der Waals surface area (Å²) in [7, 11) is 1.78. The fraction of sp³-hybridized carbons (Fsp3) is 0.500. The minimum atomic E-state index is -0.274. The molecule has 1 heterocycles. The fourth-order valence-electron chi connectivity index (χ4n) is 2.81. The van der Waals surface area contributed by atoms with E-state index < -0.39 is 0 Å². The normalized spacial score (nSPS) is 18.4. The van der Waals surface area contributed by atoms with Crippen LogP contribution in [0, 0.1) is 0 Å². The molecule has 1 fully saturated rings. The highest BCUT2D eigenvalue weighted by Crippen LogP contribution is 2.28. The molecule has 1 aliphatic heterocycles. The lowest BCUT2D eigenvalue weighted by Gasteiger charge is -2.37. The van der Waals surface area contributed by atoms with Crippen molar-refractivity contribution in [3.63, 3.8) is 0 Å². The van der Waals surface area contributed by atoms with Crippen LogP contribution >= 0.6 is 0 Å². The van der Waals surface area contributed by atoms with E-state index in [1.165, 1.54) is 0 Å². The molecular formula is C16H23N3O2. The molecule has 0 bridgehead atoms. The molecule has 1 aliphatic rings. The molecule has 1 aromatic carbocycles. The van der Waals surface area contributed by atoms with Gasteiger partial charge in [-0.1, -0.05) is 18.2 Å². The van der Waals surface area contributed by atoms with Crippen LogP contribution in [0.5, 0.6) is 0 Å². The van der Waals surface area contributed by atoms with Gasteiger partial charge in [0.1, 0.15) is 6.04 Å². The SMILES string of the molecule is CC(=O)N(C)Cc1ccccc1N1CCCCC1C(N)=O. The van der Waals surface area contributed by atoms with E-state index in [0.29, 0.717) is 6.54 Å². The van der Waals surface area contributed by atoms with Crippen LogP contribution in [0.4, 0.5) is 5.69 Å². The Morgan fingerprint density at radius 1 is 1.33 bits per heavy atom. The number of carbonyl (C=O) groups excluding carboxylic acids is 2. The number of hydrogen-bond acceptors (Lipinski definition) is 3. The van der Waals surface area contributed by atoms with Gasteiger partial charge in [-0.3, -0.25) is 9.59 Å². The summed E-state index contributed by atoms with van der Waals surface area (Å²) in [6.07, 6.45) is 2.88. The molecule has 2 N–H and O–H groups in total. The summed E-state index contributed by atoms with van der Waals surface area (Å²) in [5.74, 6) is -0.251. The standard InChI is InChI=1S/C16H23N3O2/c1-12(20)18(2)11-13-7-3-4-8-14(13)19-10-6-5-9-15(19)16(17)21/h3-4,7-8,15H,5-6,9-11H2,1-2H3,(H2,17,21). The van der Waals surface area contributed by atoms with E-state index in [0.717, 1.165) is 37.1 Å². The van der Waals surface area contributed by atoms with Crippen LogP contribution in [0.25, 0.3) is 0 Å². The van der Waals surface area contributed by atoms with Crippen molar-refractivity contribution in [3.05, 3.63) is 29.8 Å². The summed E-state index contributed by atoms with van der Waals surface area (Å²) < 4.78 is 0. The number of piperidine rings is 1. The van der Waals surface area contributed by atoms with E-state index in [2.05, 4.69) is 4.90 Å². The third-order valence-corrected chi connectivity index (χ3v) is 4.08. The van der Waals surface area contributed by atoms with Gasteiger partial charge in [-0.05, 0) is 30.9 Å². The molecule has 1 atom stereocenters. The Balaban J connectivity index is 2.29. The second-order valence-corrected chi connectivity index (χ2v) is 5.61. The molecule has 5 heteroatoms. The second kappa shape index (κ2) is 6.61. The van der Waals surface area contributed by atoms with Crippen molar-refractivity contribution in [1.29, 1.82) is 0 Å². The van der Waals surface area contributed by atoms with Crippen molar-refractivity contribution >= 4 is 17.5 Å². The molecule has 21 heavy (non-hydrogen) atoms. The minimum absolute atomic E-state index is 0.0231. The lowest BCUT2D eigenvalue weighted by molar-refractivity contribution is -0.128. The van der Waals surface area contributed by atoms with Gasteiger partial charge < -0.3 is 15.5 Å². The summed E-state index contributed by atoms with van der Waals surface area (Å²) in [5.41, 5.74) is 7.60. The molecule has 2 rings (SSSR count). The summed E-state index contributed by atoms with van der Waals surface area (Å²) in [4.78, 5) is 26.9. The van der Waals surface area contributed by atoms with Gasteiger partial charge in [0, 0.05) is 32.7 Å². The monoisotopic (exact) mass is 289 g/mol. The second-order valence-electron chi connectivity index (χ2n) is 5.61. The zero-order valence-electron chi connectivity index (χ0n) is 12.7. The van der Waals surface area contributed by atoms with Gasteiger partial charge in [0.05, 0.1) is 0 Å². The van der Waals surface area contributed by atoms with Crippen molar-refractivity contribution < 1.29 is 9.59 Å². The minimum Gasteiger partial charge on any atom is -0.368 e. The van der Waals surface area contributed by atoms with Crippen LogP contribution in [0.15, 0.2) is 24.3 Å². The largest absolute Gasteiger partial charge is 0.368 e. The average Bonchev–Trinajstić information content (AvgIpc) is 2.47. The highest BCUT2D eigenvalue weighted by molar-refractivity contribution is 5.84. The van der Waals surface area contributed by atoms with E-state index in [-0.39, 0.29) is 17.9 Å². The molecule has 5 nitrogen and oxygen atoms in total. The first-order valence-electron chi connectivity index (χ1n) is 7.36. The van der Waals surface area contributed by atoms with Crippen LogP contribution in [0.3, 0.4) is 0 Å². The quantitative estimate of drug-likeness (QED) is 0.913. The van der Waals surface area contributed by atoms with E-state index >= 15 is 0 Å². The number of amides is 2. The molecule has 0 saturated carbocycles. The van der Waals surface area contributed by atoms with Gasteiger partial charge in [-0.25, -0.2) is 0 Å². The van der Waals surface area contributed by atoms with E-state index in [9.17, 15) is 9.59 Å². The predicted octanol–water partition coefficient (Wildman–Crippen LogP) is 1.51. The first-order valence-corrected chi connectivity index (χ1v) is 7.36. The number of hydrogen-bond donors (Lipinski definition) is 1. The van der Waals surface area contributed by atoms with Crippen LogP contribution in [0.1, 0.15) is 31.7 Å². The number of primary amides is 1. The smallest absolute Gasteiger partial charge is 0.240 e.